The lowest BCUT2D eigenvalue weighted by Crippen LogP contribution is -2.52. The molecule has 3 amide bonds. The van der Waals surface area contributed by atoms with E-state index in [0.717, 1.165) is 5.39 Å². The molecule has 0 spiro atoms. The van der Waals surface area contributed by atoms with Gasteiger partial charge in [0.15, 0.2) is 0 Å². The molecule has 24 heavy (non-hydrogen) atoms. The van der Waals surface area contributed by atoms with Crippen LogP contribution in [-0.2, 0) is 9.59 Å². The van der Waals surface area contributed by atoms with E-state index in [-0.39, 0.29) is 29.9 Å². The Morgan fingerprint density at radius 2 is 1.71 bits per heavy atom. The number of amides is 3. The fourth-order valence-corrected chi connectivity index (χ4v) is 2.67. The topological polar surface area (TPSA) is 113 Å². The van der Waals surface area contributed by atoms with Crippen LogP contribution in [0.15, 0.2) is 36.4 Å². The molecule has 0 bridgehead atoms. The third-order valence-electron chi connectivity index (χ3n) is 3.91. The maximum Gasteiger partial charge on any atom is 0.336 e. The van der Waals surface area contributed by atoms with Crippen molar-refractivity contribution in [3.8, 4) is 0 Å². The molecule has 1 atom stereocenters. The number of imide groups is 1. The smallest absolute Gasteiger partial charge is 0.336 e. The molecule has 7 nitrogen and oxygen atoms in total. The standard InChI is InChI=1S/C17H14N2O5/c20-14-6-5-13(16(22)19-14)18-15(21)11-7-9-3-1-2-4-10(9)8-12(11)17(23)24/h1-4,7-8,13H,5-6H2,(H,18,21)(H,23,24)(H,19,20,22)/t13-/m1/s1. The van der Waals surface area contributed by atoms with Crippen LogP contribution < -0.4 is 10.6 Å². The second kappa shape index (κ2) is 6.11. The minimum absolute atomic E-state index is 0.0223. The molecule has 0 aromatic heterocycles. The molecular formula is C17H14N2O5. The summed E-state index contributed by atoms with van der Waals surface area (Å²) in [5.74, 6) is -2.86. The molecule has 1 heterocycles. The quantitative estimate of drug-likeness (QED) is 0.730. The van der Waals surface area contributed by atoms with Gasteiger partial charge in [-0.3, -0.25) is 19.7 Å². The van der Waals surface area contributed by atoms with Crippen LogP contribution >= 0.6 is 0 Å². The van der Waals surface area contributed by atoms with E-state index < -0.39 is 23.8 Å². The zero-order valence-corrected chi connectivity index (χ0v) is 12.5. The number of fused-ring (bicyclic) bond motifs is 1. The van der Waals surface area contributed by atoms with Gasteiger partial charge in [-0.25, -0.2) is 4.79 Å². The molecule has 2 aromatic carbocycles. The van der Waals surface area contributed by atoms with E-state index in [9.17, 15) is 24.3 Å². The fraction of sp³-hybridized carbons (Fsp3) is 0.176. The lowest BCUT2D eigenvalue weighted by molar-refractivity contribution is -0.134. The average Bonchev–Trinajstić information content (AvgIpc) is 2.56. The highest BCUT2D eigenvalue weighted by Gasteiger charge is 2.29. The molecule has 3 rings (SSSR count). The minimum atomic E-state index is -1.23. The summed E-state index contributed by atoms with van der Waals surface area (Å²) < 4.78 is 0. The number of aromatic carboxylic acids is 1. The first-order valence-electron chi connectivity index (χ1n) is 7.36. The van der Waals surface area contributed by atoms with Crippen LogP contribution in [0.25, 0.3) is 10.8 Å². The van der Waals surface area contributed by atoms with Crippen LogP contribution in [0, 0.1) is 0 Å². The van der Waals surface area contributed by atoms with Crippen molar-refractivity contribution < 1.29 is 24.3 Å². The first kappa shape index (κ1) is 15.7. The molecule has 1 aliphatic rings. The van der Waals surface area contributed by atoms with Crippen molar-refractivity contribution in [2.75, 3.05) is 0 Å². The Hall–Kier alpha value is -3.22. The van der Waals surface area contributed by atoms with E-state index in [0.29, 0.717) is 5.39 Å². The highest BCUT2D eigenvalue weighted by molar-refractivity contribution is 6.10. The second-order valence-corrected chi connectivity index (χ2v) is 5.53. The molecule has 0 radical (unpaired) electrons. The van der Waals surface area contributed by atoms with Crippen molar-refractivity contribution in [3.63, 3.8) is 0 Å². The molecule has 122 valence electrons. The van der Waals surface area contributed by atoms with E-state index in [1.807, 2.05) is 0 Å². The molecule has 0 unspecified atom stereocenters. The maximum atomic E-state index is 12.5. The first-order valence-corrected chi connectivity index (χ1v) is 7.36. The molecule has 0 saturated carbocycles. The predicted octanol–water partition coefficient (Wildman–Crippen LogP) is 1.07. The van der Waals surface area contributed by atoms with Crippen LogP contribution in [0.2, 0.25) is 0 Å². The zero-order valence-electron chi connectivity index (χ0n) is 12.5. The summed E-state index contributed by atoms with van der Waals surface area (Å²) in [6, 6.07) is 9.13. The number of rotatable bonds is 3. The van der Waals surface area contributed by atoms with Crippen molar-refractivity contribution in [1.82, 2.24) is 10.6 Å². The number of carbonyl (C=O) groups is 4. The lowest BCUT2D eigenvalue weighted by Gasteiger charge is -2.22. The monoisotopic (exact) mass is 326 g/mol. The molecule has 7 heteroatoms. The van der Waals surface area contributed by atoms with Gasteiger partial charge in [0.05, 0.1) is 11.1 Å². The average molecular weight is 326 g/mol. The molecule has 1 aliphatic heterocycles. The Bertz CT molecular complexity index is 874. The second-order valence-electron chi connectivity index (χ2n) is 5.53. The van der Waals surface area contributed by atoms with E-state index in [1.54, 1.807) is 24.3 Å². The molecule has 3 N–H and O–H groups in total. The van der Waals surface area contributed by atoms with Gasteiger partial charge in [0.25, 0.3) is 5.91 Å². The van der Waals surface area contributed by atoms with Crippen molar-refractivity contribution in [2.45, 2.75) is 18.9 Å². The summed E-state index contributed by atoms with van der Waals surface area (Å²) in [5, 5.41) is 15.4. The number of hydrogen-bond donors (Lipinski definition) is 3. The number of hydrogen-bond acceptors (Lipinski definition) is 4. The zero-order chi connectivity index (χ0) is 17.3. The third-order valence-corrected chi connectivity index (χ3v) is 3.91. The Labute approximate surface area is 136 Å². The highest BCUT2D eigenvalue weighted by Crippen LogP contribution is 2.21. The van der Waals surface area contributed by atoms with Gasteiger partial charge < -0.3 is 10.4 Å². The molecule has 0 aliphatic carbocycles. The largest absolute Gasteiger partial charge is 0.478 e. The van der Waals surface area contributed by atoms with Gasteiger partial charge in [-0.1, -0.05) is 24.3 Å². The predicted molar refractivity (Wildman–Crippen MR) is 84.5 cm³/mol. The number of piperidine rings is 1. The normalized spacial score (nSPS) is 17.4. The van der Waals surface area contributed by atoms with Crippen LogP contribution in [-0.4, -0.2) is 34.8 Å². The summed E-state index contributed by atoms with van der Waals surface area (Å²) in [6.45, 7) is 0. The summed E-state index contributed by atoms with van der Waals surface area (Å²) in [4.78, 5) is 46.8. The van der Waals surface area contributed by atoms with E-state index in [4.69, 9.17) is 0 Å². The Balaban J connectivity index is 1.94. The first-order chi connectivity index (χ1) is 11.5. The van der Waals surface area contributed by atoms with Gasteiger partial charge in [-0.15, -0.1) is 0 Å². The number of benzene rings is 2. The SMILES string of the molecule is O=C1CC[C@@H](NC(=O)c2cc3ccccc3cc2C(=O)O)C(=O)N1. The van der Waals surface area contributed by atoms with Gasteiger partial charge in [0, 0.05) is 6.42 Å². The lowest BCUT2D eigenvalue weighted by atomic mass is 9.99. The Morgan fingerprint density at radius 1 is 1.08 bits per heavy atom. The Kier molecular flexibility index (Phi) is 3.99. The van der Waals surface area contributed by atoms with Crippen molar-refractivity contribution >= 4 is 34.5 Å². The highest BCUT2D eigenvalue weighted by atomic mass is 16.4. The van der Waals surface area contributed by atoms with Crippen molar-refractivity contribution in [1.29, 1.82) is 0 Å². The summed E-state index contributed by atoms with van der Waals surface area (Å²) in [6.07, 6.45) is 0.312. The van der Waals surface area contributed by atoms with Crippen LogP contribution in [0.5, 0.6) is 0 Å². The van der Waals surface area contributed by atoms with Crippen LogP contribution in [0.4, 0.5) is 0 Å². The molecule has 1 saturated heterocycles. The summed E-state index contributed by atoms with van der Waals surface area (Å²) in [5.41, 5.74) is -0.163. The van der Waals surface area contributed by atoms with Gasteiger partial charge in [0.1, 0.15) is 6.04 Å². The van der Waals surface area contributed by atoms with Crippen LogP contribution in [0.1, 0.15) is 33.6 Å². The Morgan fingerprint density at radius 3 is 2.29 bits per heavy atom. The summed E-state index contributed by atoms with van der Waals surface area (Å²) in [7, 11) is 0. The number of nitrogens with one attached hydrogen (secondary N) is 2. The minimum Gasteiger partial charge on any atom is -0.478 e. The van der Waals surface area contributed by atoms with Crippen LogP contribution in [0.3, 0.4) is 0 Å². The van der Waals surface area contributed by atoms with Crippen molar-refractivity contribution in [3.05, 3.63) is 47.5 Å². The van der Waals surface area contributed by atoms with Gasteiger partial charge >= 0.3 is 5.97 Å². The van der Waals surface area contributed by atoms with Crippen molar-refractivity contribution in [2.24, 2.45) is 0 Å². The van der Waals surface area contributed by atoms with E-state index in [2.05, 4.69) is 10.6 Å². The maximum absolute atomic E-state index is 12.5. The van der Waals surface area contributed by atoms with E-state index >= 15 is 0 Å². The number of carboxylic acid groups (broad SMARTS) is 1. The van der Waals surface area contributed by atoms with E-state index in [1.165, 1.54) is 12.1 Å². The number of carboxylic acids is 1. The van der Waals surface area contributed by atoms with Gasteiger partial charge in [-0.2, -0.15) is 0 Å². The molecular weight excluding hydrogens is 312 g/mol. The molecule has 2 aromatic rings. The molecule has 1 fully saturated rings. The van der Waals surface area contributed by atoms with Gasteiger partial charge in [0.2, 0.25) is 11.8 Å². The number of carbonyl (C=O) groups excluding carboxylic acids is 3. The van der Waals surface area contributed by atoms with Gasteiger partial charge in [-0.05, 0) is 29.3 Å². The summed E-state index contributed by atoms with van der Waals surface area (Å²) >= 11 is 0. The third kappa shape index (κ3) is 2.96. The fourth-order valence-electron chi connectivity index (χ4n) is 2.67.